The molecule has 22 heavy (non-hydrogen) atoms. The Hall–Kier alpha value is -2.14. The van der Waals surface area contributed by atoms with E-state index >= 15 is 0 Å². The average molecular weight is 360 g/mol. The summed E-state index contributed by atoms with van der Waals surface area (Å²) >= 11 is 3.31. The molecule has 0 heterocycles. The van der Waals surface area contributed by atoms with E-state index in [0.717, 1.165) is 10.0 Å². The van der Waals surface area contributed by atoms with Gasteiger partial charge in [0.1, 0.15) is 5.54 Å². The highest BCUT2D eigenvalue weighted by atomic mass is 79.9. The van der Waals surface area contributed by atoms with Crippen LogP contribution in [0.4, 0.5) is 0 Å². The Kier molecular flexibility index (Phi) is 3.74. The molecule has 2 aromatic rings. The number of hydrogen-bond acceptors (Lipinski definition) is 2. The predicted molar refractivity (Wildman–Crippen MR) is 85.8 cm³/mol. The van der Waals surface area contributed by atoms with Crippen molar-refractivity contribution in [1.29, 1.82) is 0 Å². The van der Waals surface area contributed by atoms with E-state index in [4.69, 9.17) is 0 Å². The van der Waals surface area contributed by atoms with Crippen molar-refractivity contribution in [2.24, 2.45) is 0 Å². The molecule has 5 heteroatoms. The van der Waals surface area contributed by atoms with E-state index < -0.39 is 11.5 Å². The van der Waals surface area contributed by atoms with Gasteiger partial charge in [-0.3, -0.25) is 4.79 Å². The maximum Gasteiger partial charge on any atom is 0.330 e. The fourth-order valence-electron chi connectivity index (χ4n) is 2.68. The van der Waals surface area contributed by atoms with Gasteiger partial charge in [0.05, 0.1) is 0 Å². The minimum Gasteiger partial charge on any atom is -0.479 e. The molecule has 3 rings (SSSR count). The molecule has 0 aliphatic heterocycles. The Labute approximate surface area is 136 Å². The van der Waals surface area contributed by atoms with Crippen LogP contribution in [0.3, 0.4) is 0 Å². The van der Waals surface area contributed by atoms with Crippen molar-refractivity contribution < 1.29 is 14.7 Å². The second-order valence-corrected chi connectivity index (χ2v) is 6.32. The van der Waals surface area contributed by atoms with E-state index in [2.05, 4.69) is 21.2 Å². The van der Waals surface area contributed by atoms with Gasteiger partial charge in [0, 0.05) is 16.0 Å². The van der Waals surface area contributed by atoms with Crippen molar-refractivity contribution in [3.63, 3.8) is 0 Å². The number of hydrogen-bond donors (Lipinski definition) is 2. The molecule has 112 valence electrons. The summed E-state index contributed by atoms with van der Waals surface area (Å²) in [4.78, 5) is 24.0. The first-order valence-corrected chi connectivity index (χ1v) is 7.69. The van der Waals surface area contributed by atoms with E-state index in [9.17, 15) is 14.7 Å². The topological polar surface area (TPSA) is 66.4 Å². The molecule has 0 radical (unpaired) electrons. The molecule has 1 aliphatic rings. The lowest BCUT2D eigenvalue weighted by Crippen LogP contribution is -2.44. The molecule has 2 unspecified atom stereocenters. The van der Waals surface area contributed by atoms with Crippen LogP contribution in [0.2, 0.25) is 0 Å². The van der Waals surface area contributed by atoms with Crippen molar-refractivity contribution in [1.82, 2.24) is 5.32 Å². The van der Waals surface area contributed by atoms with Gasteiger partial charge in [0.15, 0.2) is 0 Å². The normalized spacial score (nSPS) is 22.9. The first kappa shape index (κ1) is 14.8. The molecule has 4 nitrogen and oxygen atoms in total. The van der Waals surface area contributed by atoms with Gasteiger partial charge >= 0.3 is 5.97 Å². The van der Waals surface area contributed by atoms with Crippen LogP contribution in [0.15, 0.2) is 59.1 Å². The molecule has 0 aromatic heterocycles. The summed E-state index contributed by atoms with van der Waals surface area (Å²) in [6.45, 7) is 0. The van der Waals surface area contributed by atoms with Gasteiger partial charge < -0.3 is 10.4 Å². The van der Waals surface area contributed by atoms with Crippen LogP contribution in [-0.4, -0.2) is 22.5 Å². The summed E-state index contributed by atoms with van der Waals surface area (Å²) in [6.07, 6.45) is 0.409. The van der Waals surface area contributed by atoms with Gasteiger partial charge in [-0.1, -0.05) is 52.3 Å². The maximum atomic E-state index is 12.3. The van der Waals surface area contributed by atoms with Crippen molar-refractivity contribution >= 4 is 27.8 Å². The number of benzene rings is 2. The zero-order chi connectivity index (χ0) is 15.7. The Balaban J connectivity index is 1.83. The van der Waals surface area contributed by atoms with Crippen LogP contribution >= 0.6 is 15.9 Å². The van der Waals surface area contributed by atoms with E-state index in [1.807, 2.05) is 36.4 Å². The van der Waals surface area contributed by atoms with E-state index in [-0.39, 0.29) is 11.8 Å². The number of amides is 1. The van der Waals surface area contributed by atoms with Crippen molar-refractivity contribution in [2.75, 3.05) is 0 Å². The summed E-state index contributed by atoms with van der Waals surface area (Å²) in [5.41, 5.74) is 0.161. The lowest BCUT2D eigenvalue weighted by Gasteiger charge is -2.15. The Bertz CT molecular complexity index is 732. The van der Waals surface area contributed by atoms with E-state index in [1.165, 1.54) is 0 Å². The number of carbonyl (C=O) groups is 2. The summed E-state index contributed by atoms with van der Waals surface area (Å²) in [5.74, 6) is -1.56. The average Bonchev–Trinajstić information content (AvgIpc) is 3.24. The zero-order valence-corrected chi connectivity index (χ0v) is 13.2. The van der Waals surface area contributed by atoms with Gasteiger partial charge in [0.25, 0.3) is 5.91 Å². The number of nitrogens with one attached hydrogen (secondary N) is 1. The van der Waals surface area contributed by atoms with Crippen molar-refractivity contribution in [3.05, 3.63) is 70.2 Å². The Morgan fingerprint density at radius 2 is 1.86 bits per heavy atom. The lowest BCUT2D eigenvalue weighted by molar-refractivity contribution is -0.140. The van der Waals surface area contributed by atoms with Gasteiger partial charge in [-0.05, 0) is 30.2 Å². The van der Waals surface area contributed by atoms with Crippen molar-refractivity contribution in [3.8, 4) is 0 Å². The molecule has 1 saturated carbocycles. The standard InChI is InChI=1S/C17H14BrNO3/c18-13-8-4-7-12(9-13)15(20)19-17(16(21)22)10-14(17)11-5-2-1-3-6-11/h1-9,14H,10H2,(H,19,20)(H,21,22). The number of carbonyl (C=O) groups excluding carboxylic acids is 1. The highest BCUT2D eigenvalue weighted by Gasteiger charge is 2.62. The van der Waals surface area contributed by atoms with E-state index in [0.29, 0.717) is 12.0 Å². The Morgan fingerprint density at radius 1 is 1.14 bits per heavy atom. The minimum atomic E-state index is -1.21. The molecule has 1 amide bonds. The van der Waals surface area contributed by atoms with Gasteiger partial charge in [-0.2, -0.15) is 0 Å². The molecule has 0 spiro atoms. The first-order chi connectivity index (χ1) is 10.5. The molecule has 2 atom stereocenters. The summed E-state index contributed by atoms with van der Waals surface area (Å²) in [7, 11) is 0. The van der Waals surface area contributed by atoms with Crippen LogP contribution in [0.5, 0.6) is 0 Å². The molecule has 1 fully saturated rings. The van der Waals surface area contributed by atoms with Crippen LogP contribution in [0, 0.1) is 0 Å². The van der Waals surface area contributed by atoms with E-state index in [1.54, 1.807) is 18.2 Å². The highest BCUT2D eigenvalue weighted by Crippen LogP contribution is 2.51. The number of carboxylic acids is 1. The van der Waals surface area contributed by atoms with Gasteiger partial charge in [0.2, 0.25) is 0 Å². The molecule has 2 aromatic carbocycles. The first-order valence-electron chi connectivity index (χ1n) is 6.89. The maximum absolute atomic E-state index is 12.3. The van der Waals surface area contributed by atoms with Crippen LogP contribution in [0.1, 0.15) is 28.3 Å². The fraction of sp³-hybridized carbons (Fsp3) is 0.176. The summed E-state index contributed by atoms with van der Waals surface area (Å²) in [6, 6.07) is 16.3. The second-order valence-electron chi connectivity index (χ2n) is 5.41. The molecular formula is C17H14BrNO3. The molecule has 0 saturated heterocycles. The highest BCUT2D eigenvalue weighted by molar-refractivity contribution is 9.10. The quantitative estimate of drug-likeness (QED) is 0.880. The van der Waals surface area contributed by atoms with Gasteiger partial charge in [-0.25, -0.2) is 4.79 Å². The SMILES string of the molecule is O=C(NC1(C(=O)O)CC1c1ccccc1)c1cccc(Br)c1. The van der Waals surface area contributed by atoms with Gasteiger partial charge in [-0.15, -0.1) is 0 Å². The molecular weight excluding hydrogens is 346 g/mol. The summed E-state index contributed by atoms with van der Waals surface area (Å²) < 4.78 is 0.778. The number of rotatable bonds is 4. The largest absolute Gasteiger partial charge is 0.479 e. The molecule has 1 aliphatic carbocycles. The van der Waals surface area contributed by atoms with Crippen LogP contribution in [0.25, 0.3) is 0 Å². The lowest BCUT2D eigenvalue weighted by atomic mass is 10.1. The third-order valence-electron chi connectivity index (χ3n) is 3.97. The third kappa shape index (κ3) is 2.64. The fourth-order valence-corrected chi connectivity index (χ4v) is 3.08. The van der Waals surface area contributed by atoms with Crippen LogP contribution in [-0.2, 0) is 4.79 Å². The number of halogens is 1. The third-order valence-corrected chi connectivity index (χ3v) is 4.46. The molecule has 0 bridgehead atoms. The minimum absolute atomic E-state index is 0.192. The van der Waals surface area contributed by atoms with Crippen LogP contribution < -0.4 is 5.32 Å². The Morgan fingerprint density at radius 3 is 2.50 bits per heavy atom. The monoisotopic (exact) mass is 359 g/mol. The number of aliphatic carboxylic acids is 1. The number of carboxylic acid groups (broad SMARTS) is 1. The zero-order valence-electron chi connectivity index (χ0n) is 11.6. The molecule has 2 N–H and O–H groups in total. The smallest absolute Gasteiger partial charge is 0.330 e. The summed E-state index contributed by atoms with van der Waals surface area (Å²) in [5, 5.41) is 12.3. The predicted octanol–water partition coefficient (Wildman–Crippen LogP) is 3.19. The van der Waals surface area contributed by atoms with Crippen molar-refractivity contribution in [2.45, 2.75) is 17.9 Å². The second kappa shape index (κ2) is 5.57.